The van der Waals surface area contributed by atoms with E-state index in [1.807, 2.05) is 12.3 Å². The van der Waals surface area contributed by atoms with E-state index in [9.17, 15) is 14.4 Å². The van der Waals surface area contributed by atoms with Crippen LogP contribution in [0.5, 0.6) is 5.75 Å². The molecule has 9 heteroatoms. The molecule has 2 amide bonds. The van der Waals surface area contributed by atoms with Crippen molar-refractivity contribution < 1.29 is 23.9 Å². The highest BCUT2D eigenvalue weighted by Gasteiger charge is 2.20. The number of nitrogens with one attached hydrogen (secondary N) is 1. The Morgan fingerprint density at radius 3 is 2.64 bits per heavy atom. The second-order valence-electron chi connectivity index (χ2n) is 5.56. The molecule has 0 aliphatic carbocycles. The molecule has 144 valence electrons. The van der Waals surface area contributed by atoms with Crippen LogP contribution in [0.1, 0.15) is 20.8 Å². The van der Waals surface area contributed by atoms with Crippen molar-refractivity contribution in [1.82, 2.24) is 14.7 Å². The highest BCUT2D eigenvalue weighted by Crippen LogP contribution is 2.20. The lowest BCUT2D eigenvalue weighted by atomic mass is 10.2. The molecular weight excluding hydrogens is 382 g/mol. The van der Waals surface area contributed by atoms with Crippen LogP contribution in [0.15, 0.2) is 53.8 Å². The van der Waals surface area contributed by atoms with Crippen molar-refractivity contribution >= 4 is 35.1 Å². The summed E-state index contributed by atoms with van der Waals surface area (Å²) in [4.78, 5) is 40.8. The number of imidazole rings is 1. The molecule has 0 bridgehead atoms. The van der Waals surface area contributed by atoms with Gasteiger partial charge in [0, 0.05) is 6.20 Å². The van der Waals surface area contributed by atoms with Crippen LogP contribution < -0.4 is 10.1 Å². The van der Waals surface area contributed by atoms with Gasteiger partial charge >= 0.3 is 5.97 Å². The normalized spacial score (nSPS) is 10.5. The fourth-order valence-corrected chi connectivity index (χ4v) is 3.10. The highest BCUT2D eigenvalue weighted by molar-refractivity contribution is 7.98. The van der Waals surface area contributed by atoms with E-state index in [1.165, 1.54) is 24.9 Å². The SMILES string of the molecule is COc1ccccc1C(=O)NC(=O)COC(=O)c1nc(SC)n2ccccc12. The lowest BCUT2D eigenvalue weighted by Gasteiger charge is -2.08. The molecule has 8 nitrogen and oxygen atoms in total. The number of methoxy groups -OCH3 is 1. The number of esters is 1. The summed E-state index contributed by atoms with van der Waals surface area (Å²) < 4.78 is 11.9. The van der Waals surface area contributed by atoms with Crippen LogP contribution in [0.25, 0.3) is 5.52 Å². The number of carbonyl (C=O) groups excluding carboxylic acids is 3. The molecule has 0 aliphatic rings. The number of aromatic nitrogens is 2. The number of thioether (sulfide) groups is 1. The zero-order valence-electron chi connectivity index (χ0n) is 15.2. The van der Waals surface area contributed by atoms with Gasteiger partial charge in [0.25, 0.3) is 11.8 Å². The van der Waals surface area contributed by atoms with Gasteiger partial charge in [-0.3, -0.25) is 19.3 Å². The van der Waals surface area contributed by atoms with E-state index >= 15 is 0 Å². The Morgan fingerprint density at radius 1 is 1.14 bits per heavy atom. The molecule has 2 aromatic heterocycles. The summed E-state index contributed by atoms with van der Waals surface area (Å²) in [7, 11) is 1.42. The number of hydrogen-bond donors (Lipinski definition) is 1. The van der Waals surface area contributed by atoms with E-state index in [2.05, 4.69) is 10.3 Å². The van der Waals surface area contributed by atoms with E-state index in [-0.39, 0.29) is 11.3 Å². The first-order valence-electron chi connectivity index (χ1n) is 8.20. The van der Waals surface area contributed by atoms with E-state index < -0.39 is 24.4 Å². The standard InChI is InChI=1S/C19H17N3O5S/c1-26-14-9-4-3-7-12(14)17(24)20-15(23)11-27-18(25)16-13-8-5-6-10-22(13)19(21-16)28-2/h3-10H,11H2,1-2H3,(H,20,23,24). The molecule has 0 spiro atoms. The summed E-state index contributed by atoms with van der Waals surface area (Å²) in [6.07, 6.45) is 3.62. The number of nitrogens with zero attached hydrogens (tertiary/aromatic N) is 2. The second-order valence-corrected chi connectivity index (χ2v) is 6.33. The molecule has 3 aromatic rings. The Bertz CT molecular complexity index is 1050. The lowest BCUT2D eigenvalue weighted by Crippen LogP contribution is -2.34. The van der Waals surface area contributed by atoms with Crippen LogP contribution in [0.4, 0.5) is 0 Å². The van der Waals surface area contributed by atoms with Crippen LogP contribution >= 0.6 is 11.8 Å². The van der Waals surface area contributed by atoms with Crippen molar-refractivity contribution in [1.29, 1.82) is 0 Å². The van der Waals surface area contributed by atoms with Crippen molar-refractivity contribution in [3.8, 4) is 5.75 Å². The summed E-state index contributed by atoms with van der Waals surface area (Å²) in [5.74, 6) is -1.81. The molecule has 1 N–H and O–H groups in total. The largest absolute Gasteiger partial charge is 0.496 e. The number of carbonyl (C=O) groups is 3. The maximum Gasteiger partial charge on any atom is 0.359 e. The van der Waals surface area contributed by atoms with Crippen LogP contribution in [-0.4, -0.2) is 47.1 Å². The Kier molecular flexibility index (Phi) is 5.95. The van der Waals surface area contributed by atoms with Crippen LogP contribution in [0.2, 0.25) is 0 Å². The summed E-state index contributed by atoms with van der Waals surface area (Å²) in [6.45, 7) is -0.611. The molecule has 0 aliphatic heterocycles. The molecule has 1 aromatic carbocycles. The summed E-state index contributed by atoms with van der Waals surface area (Å²) in [5.41, 5.74) is 0.880. The number of benzene rings is 1. The van der Waals surface area contributed by atoms with E-state index in [1.54, 1.807) is 40.9 Å². The maximum absolute atomic E-state index is 12.4. The zero-order valence-corrected chi connectivity index (χ0v) is 16.0. The smallest absolute Gasteiger partial charge is 0.359 e. The van der Waals surface area contributed by atoms with Gasteiger partial charge in [-0.05, 0) is 30.5 Å². The number of ether oxygens (including phenoxy) is 2. The fraction of sp³-hybridized carbons (Fsp3) is 0.158. The van der Waals surface area contributed by atoms with Crippen LogP contribution in [0, 0.1) is 0 Å². The third-order valence-corrected chi connectivity index (χ3v) is 4.48. The Balaban J connectivity index is 1.65. The van der Waals surface area contributed by atoms with Crippen molar-refractivity contribution in [3.05, 3.63) is 59.9 Å². The van der Waals surface area contributed by atoms with Crippen molar-refractivity contribution in [2.45, 2.75) is 5.16 Å². The van der Waals surface area contributed by atoms with Gasteiger partial charge in [0.15, 0.2) is 17.5 Å². The van der Waals surface area contributed by atoms with Gasteiger partial charge < -0.3 is 9.47 Å². The average molecular weight is 399 g/mol. The van der Waals surface area contributed by atoms with E-state index in [4.69, 9.17) is 9.47 Å². The van der Waals surface area contributed by atoms with Crippen molar-refractivity contribution in [2.24, 2.45) is 0 Å². The number of hydrogen-bond acceptors (Lipinski definition) is 7. The first kappa shape index (κ1) is 19.4. The molecule has 0 saturated heterocycles. The van der Waals surface area contributed by atoms with Gasteiger partial charge in [0.05, 0.1) is 18.2 Å². The highest BCUT2D eigenvalue weighted by atomic mass is 32.2. The van der Waals surface area contributed by atoms with Gasteiger partial charge in [0.1, 0.15) is 5.75 Å². The second kappa shape index (κ2) is 8.57. The molecule has 28 heavy (non-hydrogen) atoms. The maximum atomic E-state index is 12.4. The summed E-state index contributed by atoms with van der Waals surface area (Å²) in [6, 6.07) is 11.8. The number of amides is 2. The minimum absolute atomic E-state index is 0.105. The van der Waals surface area contributed by atoms with E-state index in [0.29, 0.717) is 16.4 Å². The number of fused-ring (bicyclic) bond motifs is 1. The number of imide groups is 1. The Labute approximate surface area is 164 Å². The Morgan fingerprint density at radius 2 is 1.89 bits per heavy atom. The average Bonchev–Trinajstić information content (AvgIpc) is 3.11. The number of para-hydroxylation sites is 1. The summed E-state index contributed by atoms with van der Waals surface area (Å²) >= 11 is 1.38. The third-order valence-electron chi connectivity index (χ3n) is 3.83. The third kappa shape index (κ3) is 3.99. The molecule has 0 unspecified atom stereocenters. The topological polar surface area (TPSA) is 99.0 Å². The number of rotatable bonds is 6. The monoisotopic (exact) mass is 399 g/mol. The fourth-order valence-electron chi connectivity index (χ4n) is 2.57. The van der Waals surface area contributed by atoms with Crippen molar-refractivity contribution in [2.75, 3.05) is 20.0 Å². The zero-order chi connectivity index (χ0) is 20.1. The molecule has 0 atom stereocenters. The van der Waals surface area contributed by atoms with Gasteiger partial charge in [-0.1, -0.05) is 30.0 Å². The van der Waals surface area contributed by atoms with Gasteiger partial charge in [-0.15, -0.1) is 0 Å². The first-order chi connectivity index (χ1) is 13.5. The predicted octanol–water partition coefficient (Wildman–Crippen LogP) is 2.18. The van der Waals surface area contributed by atoms with Gasteiger partial charge in [-0.25, -0.2) is 9.78 Å². The van der Waals surface area contributed by atoms with Gasteiger partial charge in [0.2, 0.25) is 0 Å². The molecule has 3 rings (SSSR count). The molecule has 2 heterocycles. The summed E-state index contributed by atoms with van der Waals surface area (Å²) in [5, 5.41) is 2.79. The minimum atomic E-state index is -0.752. The van der Waals surface area contributed by atoms with Gasteiger partial charge in [-0.2, -0.15) is 0 Å². The number of pyridine rings is 1. The molecule has 0 fully saturated rings. The Hall–Kier alpha value is -3.33. The molecular formula is C19H17N3O5S. The van der Waals surface area contributed by atoms with Crippen LogP contribution in [-0.2, 0) is 9.53 Å². The van der Waals surface area contributed by atoms with E-state index in [0.717, 1.165) is 0 Å². The van der Waals surface area contributed by atoms with Crippen LogP contribution in [0.3, 0.4) is 0 Å². The first-order valence-corrected chi connectivity index (χ1v) is 9.43. The molecule has 0 saturated carbocycles. The predicted molar refractivity (Wildman–Crippen MR) is 103 cm³/mol. The van der Waals surface area contributed by atoms with Crippen molar-refractivity contribution in [3.63, 3.8) is 0 Å². The molecule has 0 radical (unpaired) electrons. The lowest BCUT2D eigenvalue weighted by molar-refractivity contribution is -0.123. The quantitative estimate of drug-likeness (QED) is 0.501. The minimum Gasteiger partial charge on any atom is -0.496 e.